The second-order valence-electron chi connectivity index (χ2n) is 7.07. The number of H-pyrrole nitrogens is 1. The summed E-state index contributed by atoms with van der Waals surface area (Å²) in [5.74, 6) is -1.73. The highest BCUT2D eigenvalue weighted by molar-refractivity contribution is 5.84. The lowest BCUT2D eigenvalue weighted by atomic mass is 9.88. The highest BCUT2D eigenvalue weighted by Crippen LogP contribution is 2.33. The number of rotatable bonds is 4. The Hall–Kier alpha value is -3.35. The van der Waals surface area contributed by atoms with Gasteiger partial charge in [-0.05, 0) is 36.4 Å². The number of para-hydroxylation sites is 1. The van der Waals surface area contributed by atoms with Crippen LogP contribution < -0.4 is 11.1 Å². The van der Waals surface area contributed by atoms with E-state index >= 15 is 0 Å². The molecule has 0 spiro atoms. The Morgan fingerprint density at radius 2 is 2.11 bits per heavy atom. The maximum Gasteiger partial charge on any atom is 0.306 e. The third-order valence-corrected chi connectivity index (χ3v) is 5.34. The first-order valence-electron chi connectivity index (χ1n) is 9.05. The summed E-state index contributed by atoms with van der Waals surface area (Å²) in [6.07, 6.45) is 0.532. The van der Waals surface area contributed by atoms with Crippen LogP contribution in [0.15, 0.2) is 39.9 Å². The standard InChI is InChI=1S/C21H20N2O5/c1-11-8-16(24)18(20(26)22-11)14(10-17(25)28-2)15-9-13-5-3-4-12-6-7-23(19(12)13)21(15)27/h3-5,8-9,14H,6-7,10H2,1-2H3,(H2,22,24,26)/t14-/m0/s1. The van der Waals surface area contributed by atoms with Gasteiger partial charge in [0.25, 0.3) is 11.1 Å². The van der Waals surface area contributed by atoms with Crippen molar-refractivity contribution in [2.75, 3.05) is 7.11 Å². The Kier molecular flexibility index (Phi) is 4.30. The Morgan fingerprint density at radius 1 is 1.32 bits per heavy atom. The van der Waals surface area contributed by atoms with Gasteiger partial charge in [0.15, 0.2) is 0 Å². The SMILES string of the molecule is COC(=O)C[C@H](c1c(O)cc(C)[nH]c1=O)c1cc2cccc3c2n(c1=O)CC3. The predicted octanol–water partition coefficient (Wildman–Crippen LogP) is 1.95. The number of aryl methyl sites for hydroxylation is 3. The molecule has 0 unspecified atom stereocenters. The van der Waals surface area contributed by atoms with E-state index in [0.717, 1.165) is 22.9 Å². The minimum Gasteiger partial charge on any atom is -0.507 e. The minimum absolute atomic E-state index is 0.00518. The van der Waals surface area contributed by atoms with Crippen LogP contribution in [0.2, 0.25) is 0 Å². The summed E-state index contributed by atoms with van der Waals surface area (Å²) >= 11 is 0. The monoisotopic (exact) mass is 380 g/mol. The van der Waals surface area contributed by atoms with Gasteiger partial charge in [0, 0.05) is 23.7 Å². The highest BCUT2D eigenvalue weighted by atomic mass is 16.5. The van der Waals surface area contributed by atoms with Gasteiger partial charge in [0.05, 0.1) is 24.6 Å². The van der Waals surface area contributed by atoms with Gasteiger partial charge in [-0.1, -0.05) is 18.2 Å². The van der Waals surface area contributed by atoms with Gasteiger partial charge in [-0.25, -0.2) is 0 Å². The number of ether oxygens (including phenoxy) is 1. The minimum atomic E-state index is -0.915. The second-order valence-corrected chi connectivity index (χ2v) is 7.07. The molecule has 1 atom stereocenters. The molecule has 0 bridgehead atoms. The van der Waals surface area contributed by atoms with Crippen molar-refractivity contribution in [2.45, 2.75) is 32.2 Å². The number of aromatic hydroxyl groups is 1. The molecule has 4 rings (SSSR count). The van der Waals surface area contributed by atoms with Crippen molar-refractivity contribution in [2.24, 2.45) is 0 Å². The van der Waals surface area contributed by atoms with E-state index in [-0.39, 0.29) is 23.3 Å². The van der Waals surface area contributed by atoms with Crippen molar-refractivity contribution in [3.8, 4) is 5.75 Å². The molecule has 7 nitrogen and oxygen atoms in total. The van der Waals surface area contributed by atoms with Crippen LogP contribution in [0, 0.1) is 6.92 Å². The van der Waals surface area contributed by atoms with Crippen LogP contribution in [0.1, 0.15) is 34.7 Å². The maximum atomic E-state index is 13.2. The molecule has 2 N–H and O–H groups in total. The van der Waals surface area contributed by atoms with Crippen LogP contribution in [-0.4, -0.2) is 27.7 Å². The average Bonchev–Trinajstić information content (AvgIpc) is 3.08. The van der Waals surface area contributed by atoms with E-state index in [1.54, 1.807) is 17.6 Å². The molecule has 144 valence electrons. The van der Waals surface area contributed by atoms with E-state index in [2.05, 4.69) is 4.98 Å². The molecular weight excluding hydrogens is 360 g/mol. The average molecular weight is 380 g/mol. The van der Waals surface area contributed by atoms with E-state index in [4.69, 9.17) is 4.74 Å². The lowest BCUT2D eigenvalue weighted by Crippen LogP contribution is -2.29. The molecule has 0 amide bonds. The first-order chi connectivity index (χ1) is 13.4. The van der Waals surface area contributed by atoms with Crippen molar-refractivity contribution < 1.29 is 14.6 Å². The summed E-state index contributed by atoms with van der Waals surface area (Å²) in [5.41, 5.74) is 1.97. The van der Waals surface area contributed by atoms with Crippen molar-refractivity contribution >= 4 is 16.9 Å². The maximum absolute atomic E-state index is 13.2. The molecule has 0 aliphatic carbocycles. The van der Waals surface area contributed by atoms with Crippen molar-refractivity contribution in [1.29, 1.82) is 0 Å². The normalized spacial score (nSPS) is 13.6. The number of hydrogen-bond acceptors (Lipinski definition) is 5. The van der Waals surface area contributed by atoms with E-state index < -0.39 is 17.4 Å². The zero-order valence-corrected chi connectivity index (χ0v) is 15.6. The number of nitrogens with zero attached hydrogens (tertiary/aromatic N) is 1. The van der Waals surface area contributed by atoms with E-state index in [9.17, 15) is 19.5 Å². The molecule has 0 saturated carbocycles. The zero-order valence-electron chi connectivity index (χ0n) is 15.6. The predicted molar refractivity (Wildman–Crippen MR) is 104 cm³/mol. The molecule has 0 radical (unpaired) electrons. The molecule has 1 aliphatic heterocycles. The lowest BCUT2D eigenvalue weighted by Gasteiger charge is -2.18. The van der Waals surface area contributed by atoms with E-state index in [1.165, 1.54) is 13.2 Å². The number of methoxy groups -OCH3 is 1. The first kappa shape index (κ1) is 18.0. The molecule has 1 aromatic carbocycles. The number of benzene rings is 1. The largest absolute Gasteiger partial charge is 0.507 e. The number of pyridine rings is 2. The summed E-state index contributed by atoms with van der Waals surface area (Å²) in [6.45, 7) is 2.19. The number of carbonyl (C=O) groups is 1. The third kappa shape index (κ3) is 2.79. The van der Waals surface area contributed by atoms with E-state index in [0.29, 0.717) is 17.8 Å². The fourth-order valence-electron chi connectivity index (χ4n) is 4.08. The van der Waals surface area contributed by atoms with Gasteiger partial charge in [-0.15, -0.1) is 0 Å². The third-order valence-electron chi connectivity index (χ3n) is 5.34. The number of esters is 1. The van der Waals surface area contributed by atoms with Gasteiger partial charge >= 0.3 is 5.97 Å². The fraction of sp³-hybridized carbons (Fsp3) is 0.286. The zero-order chi connectivity index (χ0) is 20.0. The van der Waals surface area contributed by atoms with Gasteiger partial charge in [-0.2, -0.15) is 0 Å². The van der Waals surface area contributed by atoms with Crippen LogP contribution in [-0.2, 0) is 22.5 Å². The van der Waals surface area contributed by atoms with Crippen LogP contribution in [0.25, 0.3) is 10.9 Å². The Balaban J connectivity index is 2.00. The molecule has 0 saturated heterocycles. The van der Waals surface area contributed by atoms with Gasteiger partial charge in [-0.3, -0.25) is 14.4 Å². The number of aromatic nitrogens is 2. The number of nitrogens with one attached hydrogen (secondary N) is 1. The molecule has 2 aromatic heterocycles. The van der Waals surface area contributed by atoms with Crippen molar-refractivity contribution in [1.82, 2.24) is 9.55 Å². The first-order valence-corrected chi connectivity index (χ1v) is 9.05. The Morgan fingerprint density at radius 3 is 2.82 bits per heavy atom. The van der Waals surface area contributed by atoms with Crippen molar-refractivity contribution in [3.63, 3.8) is 0 Å². The Labute approximate surface area is 160 Å². The summed E-state index contributed by atoms with van der Waals surface area (Å²) < 4.78 is 6.46. The van der Waals surface area contributed by atoms with Gasteiger partial charge in [0.2, 0.25) is 0 Å². The summed E-state index contributed by atoms with van der Waals surface area (Å²) in [7, 11) is 1.25. The highest BCUT2D eigenvalue weighted by Gasteiger charge is 2.29. The van der Waals surface area contributed by atoms with Crippen LogP contribution >= 0.6 is 0 Å². The molecule has 7 heteroatoms. The van der Waals surface area contributed by atoms with Crippen LogP contribution in [0.4, 0.5) is 0 Å². The number of hydrogen-bond donors (Lipinski definition) is 2. The summed E-state index contributed by atoms with van der Waals surface area (Å²) in [4.78, 5) is 40.6. The van der Waals surface area contributed by atoms with Crippen LogP contribution in [0.3, 0.4) is 0 Å². The van der Waals surface area contributed by atoms with Crippen LogP contribution in [0.5, 0.6) is 5.75 Å². The van der Waals surface area contributed by atoms with Crippen molar-refractivity contribution in [3.05, 3.63) is 73.4 Å². The molecule has 1 aliphatic rings. The van der Waals surface area contributed by atoms with E-state index in [1.807, 2.05) is 18.2 Å². The smallest absolute Gasteiger partial charge is 0.306 e. The molecule has 3 aromatic rings. The summed E-state index contributed by atoms with van der Waals surface area (Å²) in [6, 6.07) is 8.95. The van der Waals surface area contributed by atoms with Gasteiger partial charge < -0.3 is 19.4 Å². The Bertz CT molecular complexity index is 1220. The van der Waals surface area contributed by atoms with Gasteiger partial charge in [0.1, 0.15) is 5.75 Å². The molecule has 0 fully saturated rings. The molecule has 3 heterocycles. The quantitative estimate of drug-likeness (QED) is 0.674. The summed E-state index contributed by atoms with van der Waals surface area (Å²) in [5, 5.41) is 11.3. The molecule has 28 heavy (non-hydrogen) atoms. The number of aromatic amines is 1. The number of carbonyl (C=O) groups excluding carboxylic acids is 1. The topological polar surface area (TPSA) is 101 Å². The molecular formula is C21H20N2O5. The second kappa shape index (κ2) is 6.67. The fourth-order valence-corrected chi connectivity index (χ4v) is 4.08. The lowest BCUT2D eigenvalue weighted by molar-refractivity contribution is -0.140.